The summed E-state index contributed by atoms with van der Waals surface area (Å²) in [6, 6.07) is 10.8. The van der Waals surface area contributed by atoms with Crippen LogP contribution in [0.4, 0.5) is 24.4 Å². The predicted octanol–water partition coefficient (Wildman–Crippen LogP) is 4.88. The van der Waals surface area contributed by atoms with Crippen LogP contribution < -0.4 is 15.0 Å². The Morgan fingerprint density at radius 3 is 2.64 bits per heavy atom. The van der Waals surface area contributed by atoms with Gasteiger partial charge < -0.3 is 4.74 Å². The van der Waals surface area contributed by atoms with Crippen molar-refractivity contribution in [3.05, 3.63) is 66.4 Å². The average Bonchev–Trinajstić information content (AvgIpc) is 3.01. The molecule has 8 heteroatoms. The van der Waals surface area contributed by atoms with Crippen LogP contribution in [0.1, 0.15) is 0 Å². The van der Waals surface area contributed by atoms with Gasteiger partial charge in [0.25, 0.3) is 0 Å². The first kappa shape index (κ1) is 16.8. The van der Waals surface area contributed by atoms with Gasteiger partial charge in [0.05, 0.1) is 6.20 Å². The molecule has 0 bridgehead atoms. The van der Waals surface area contributed by atoms with Crippen molar-refractivity contribution in [3.63, 3.8) is 0 Å². The molecule has 0 saturated carbocycles. The summed E-state index contributed by atoms with van der Waals surface area (Å²) in [5.74, 6) is -0.446. The first-order chi connectivity index (χ1) is 12.0. The van der Waals surface area contributed by atoms with Crippen LogP contribution in [-0.4, -0.2) is 18.1 Å². The van der Waals surface area contributed by atoms with Gasteiger partial charge in [-0.25, -0.2) is 18.6 Å². The van der Waals surface area contributed by atoms with Crippen molar-refractivity contribution in [2.75, 3.05) is 17.3 Å². The minimum Gasteiger partial charge on any atom is -0.445 e. The Morgan fingerprint density at radius 2 is 1.92 bits per heavy atom. The van der Waals surface area contributed by atoms with Crippen LogP contribution in [0.5, 0.6) is 10.8 Å². The number of anilines is 2. The van der Waals surface area contributed by atoms with Gasteiger partial charge in [-0.05, 0) is 36.4 Å². The highest BCUT2D eigenvalue weighted by molar-refractivity contribution is 7.17. The number of urea groups is 1. The maximum Gasteiger partial charge on any atom is 0.327 e. The summed E-state index contributed by atoms with van der Waals surface area (Å²) in [4.78, 5) is 17.6. The fourth-order valence-corrected chi connectivity index (χ4v) is 2.65. The van der Waals surface area contributed by atoms with E-state index in [4.69, 9.17) is 4.74 Å². The molecule has 2 aromatic carbocycles. The predicted molar refractivity (Wildman–Crippen MR) is 92.4 cm³/mol. The van der Waals surface area contributed by atoms with Gasteiger partial charge in [-0.15, -0.1) is 0 Å². The molecule has 0 fully saturated rings. The van der Waals surface area contributed by atoms with E-state index < -0.39 is 11.8 Å². The second-order valence-corrected chi connectivity index (χ2v) is 6.00. The zero-order valence-corrected chi connectivity index (χ0v) is 13.9. The average molecular weight is 361 g/mol. The summed E-state index contributed by atoms with van der Waals surface area (Å²) < 4.78 is 31.6. The van der Waals surface area contributed by atoms with Crippen molar-refractivity contribution in [2.24, 2.45) is 0 Å². The largest absolute Gasteiger partial charge is 0.445 e. The number of ether oxygens (including phenoxy) is 1. The molecule has 1 N–H and O–H groups in total. The Kier molecular flexibility index (Phi) is 4.90. The van der Waals surface area contributed by atoms with E-state index in [-0.39, 0.29) is 5.82 Å². The molecule has 0 aliphatic rings. The molecule has 25 heavy (non-hydrogen) atoms. The van der Waals surface area contributed by atoms with Crippen LogP contribution in [0, 0.1) is 11.6 Å². The number of nitrogens with one attached hydrogen (secondary N) is 1. The van der Waals surface area contributed by atoms with Gasteiger partial charge in [-0.2, -0.15) is 0 Å². The van der Waals surface area contributed by atoms with Crippen molar-refractivity contribution < 1.29 is 18.3 Å². The van der Waals surface area contributed by atoms with E-state index in [1.54, 1.807) is 13.1 Å². The number of carbonyl (C=O) groups is 1. The molecule has 0 aliphatic carbocycles. The monoisotopic (exact) mass is 361 g/mol. The van der Waals surface area contributed by atoms with Gasteiger partial charge in [-0.3, -0.25) is 10.2 Å². The van der Waals surface area contributed by atoms with Gasteiger partial charge in [-0.1, -0.05) is 17.4 Å². The molecule has 0 atom stereocenters. The van der Waals surface area contributed by atoms with Gasteiger partial charge >= 0.3 is 6.03 Å². The third kappa shape index (κ3) is 4.30. The molecule has 1 heterocycles. The second kappa shape index (κ2) is 7.27. The van der Waals surface area contributed by atoms with Gasteiger partial charge in [0.2, 0.25) is 5.06 Å². The highest BCUT2D eigenvalue weighted by atomic mass is 32.1. The van der Waals surface area contributed by atoms with E-state index in [2.05, 4.69) is 10.3 Å². The molecule has 3 aromatic rings. The lowest BCUT2D eigenvalue weighted by molar-refractivity contribution is 0.258. The molecule has 0 spiro atoms. The third-order valence-electron chi connectivity index (χ3n) is 3.23. The number of hydrogen-bond donors (Lipinski definition) is 1. The number of thiazole rings is 1. The molecule has 0 radical (unpaired) electrons. The SMILES string of the molecule is CN(C(=O)Nc1ncc(Oc2cccc(F)c2)s1)c1ccc(F)cc1. The van der Waals surface area contributed by atoms with Crippen LogP contribution in [0.3, 0.4) is 0 Å². The standard InChI is InChI=1S/C17H13F2N3O2S/c1-22(13-7-5-11(18)6-8-13)17(23)21-16-20-10-15(25-16)24-14-4-2-3-12(19)9-14/h2-10H,1H3,(H,20,21,23). The van der Waals surface area contributed by atoms with Crippen molar-refractivity contribution in [1.29, 1.82) is 0 Å². The molecular formula is C17H13F2N3O2S. The molecule has 0 aliphatic heterocycles. The number of benzene rings is 2. The summed E-state index contributed by atoms with van der Waals surface area (Å²) in [7, 11) is 1.56. The molecule has 3 rings (SSSR count). The maximum absolute atomic E-state index is 13.1. The molecule has 0 unspecified atom stereocenters. The smallest absolute Gasteiger partial charge is 0.327 e. The lowest BCUT2D eigenvalue weighted by Gasteiger charge is -2.16. The summed E-state index contributed by atoms with van der Waals surface area (Å²) >= 11 is 1.10. The van der Waals surface area contributed by atoms with E-state index in [1.807, 2.05) is 0 Å². The van der Waals surface area contributed by atoms with Crippen molar-refractivity contribution in [2.45, 2.75) is 0 Å². The molecule has 5 nitrogen and oxygen atoms in total. The first-order valence-corrected chi connectivity index (χ1v) is 8.02. The molecular weight excluding hydrogens is 348 g/mol. The minimum absolute atomic E-state index is 0.324. The van der Waals surface area contributed by atoms with Crippen LogP contribution >= 0.6 is 11.3 Å². The van der Waals surface area contributed by atoms with Crippen molar-refractivity contribution in [3.8, 4) is 10.8 Å². The summed E-state index contributed by atoms with van der Waals surface area (Å²) in [6.45, 7) is 0. The number of nitrogens with zero attached hydrogens (tertiary/aromatic N) is 2. The zero-order chi connectivity index (χ0) is 17.8. The number of carbonyl (C=O) groups excluding carboxylic acids is 1. The van der Waals surface area contributed by atoms with Crippen LogP contribution in [0.15, 0.2) is 54.7 Å². The number of amides is 2. The second-order valence-electron chi connectivity index (χ2n) is 5.01. The van der Waals surface area contributed by atoms with Crippen LogP contribution in [-0.2, 0) is 0 Å². The van der Waals surface area contributed by atoms with Crippen molar-refractivity contribution >= 4 is 28.2 Å². The fraction of sp³-hybridized carbons (Fsp3) is 0.0588. The van der Waals surface area contributed by atoms with E-state index in [9.17, 15) is 13.6 Å². The molecule has 0 saturated heterocycles. The molecule has 128 valence electrons. The normalized spacial score (nSPS) is 10.4. The van der Waals surface area contributed by atoms with Gasteiger partial charge in [0, 0.05) is 18.8 Å². The zero-order valence-electron chi connectivity index (χ0n) is 13.1. The highest BCUT2D eigenvalue weighted by Gasteiger charge is 2.14. The summed E-state index contributed by atoms with van der Waals surface area (Å²) in [5.41, 5.74) is 0.534. The van der Waals surface area contributed by atoms with E-state index in [1.165, 1.54) is 53.6 Å². The number of rotatable bonds is 4. The summed E-state index contributed by atoms with van der Waals surface area (Å²) in [6.07, 6.45) is 1.43. The number of hydrogen-bond acceptors (Lipinski definition) is 4. The fourth-order valence-electron chi connectivity index (χ4n) is 1.97. The number of halogens is 2. The lowest BCUT2D eigenvalue weighted by Crippen LogP contribution is -2.31. The van der Waals surface area contributed by atoms with E-state index in [0.29, 0.717) is 21.6 Å². The van der Waals surface area contributed by atoms with Gasteiger partial charge in [0.15, 0.2) is 5.13 Å². The third-order valence-corrected chi connectivity index (χ3v) is 4.02. The number of aromatic nitrogens is 1. The Labute approximate surface area is 146 Å². The maximum atomic E-state index is 13.1. The minimum atomic E-state index is -0.432. The quantitative estimate of drug-likeness (QED) is 0.720. The van der Waals surface area contributed by atoms with Crippen LogP contribution in [0.25, 0.3) is 0 Å². The lowest BCUT2D eigenvalue weighted by atomic mass is 10.3. The Hall–Kier alpha value is -3.00. The van der Waals surface area contributed by atoms with Crippen LogP contribution in [0.2, 0.25) is 0 Å². The Morgan fingerprint density at radius 1 is 1.16 bits per heavy atom. The highest BCUT2D eigenvalue weighted by Crippen LogP contribution is 2.30. The van der Waals surface area contributed by atoms with E-state index >= 15 is 0 Å². The van der Waals surface area contributed by atoms with Crippen molar-refractivity contribution in [1.82, 2.24) is 4.98 Å². The van der Waals surface area contributed by atoms with E-state index in [0.717, 1.165) is 11.3 Å². The Bertz CT molecular complexity index is 884. The summed E-state index contributed by atoms with van der Waals surface area (Å²) in [5, 5.41) is 3.35. The Balaban J connectivity index is 1.64. The molecule has 1 aromatic heterocycles. The van der Waals surface area contributed by atoms with Gasteiger partial charge in [0.1, 0.15) is 17.4 Å². The topological polar surface area (TPSA) is 54.5 Å². The molecule has 2 amide bonds. The first-order valence-electron chi connectivity index (χ1n) is 7.21.